The van der Waals surface area contributed by atoms with Crippen molar-refractivity contribution in [3.8, 4) is 0 Å². The maximum absolute atomic E-state index is 11.0. The molecule has 0 amide bonds. The van der Waals surface area contributed by atoms with Gasteiger partial charge in [0.15, 0.2) is 0 Å². The Morgan fingerprint density at radius 1 is 0.472 bits per heavy atom. The number of rotatable bonds is 22. The van der Waals surface area contributed by atoms with Crippen LogP contribution < -0.4 is 0 Å². The summed E-state index contributed by atoms with van der Waals surface area (Å²) in [5, 5.41) is 16.6. The minimum Gasteiger partial charge on any atom is -0.478 e. The molecule has 0 aliphatic rings. The summed E-state index contributed by atoms with van der Waals surface area (Å²) >= 11 is 0. The highest BCUT2D eigenvalue weighted by Gasteiger charge is 1.99. The molecule has 208 valence electrons. The van der Waals surface area contributed by atoms with Crippen molar-refractivity contribution >= 4 is 23.9 Å². The maximum Gasteiger partial charge on any atom is 0.331 e. The van der Waals surface area contributed by atoms with E-state index < -0.39 is 23.9 Å². The summed E-state index contributed by atoms with van der Waals surface area (Å²) in [6.07, 6.45) is 22.5. The number of carbonyl (C=O) groups excluding carboxylic acids is 2. The number of esters is 2. The molecule has 0 bridgehead atoms. The Labute approximate surface area is 217 Å². The average molecular weight is 513 g/mol. The van der Waals surface area contributed by atoms with Crippen LogP contribution in [0.4, 0.5) is 0 Å². The van der Waals surface area contributed by atoms with Crippen LogP contribution in [0.2, 0.25) is 0 Å². The fourth-order valence-corrected chi connectivity index (χ4v) is 3.19. The van der Waals surface area contributed by atoms with Crippen LogP contribution in [0.15, 0.2) is 24.3 Å². The topological polar surface area (TPSA) is 127 Å². The highest BCUT2D eigenvalue weighted by atomic mass is 16.5. The Morgan fingerprint density at radius 2 is 0.750 bits per heavy atom. The van der Waals surface area contributed by atoms with Gasteiger partial charge < -0.3 is 19.7 Å². The smallest absolute Gasteiger partial charge is 0.331 e. The number of carbonyl (C=O) groups is 4. The number of carboxylic acid groups (broad SMARTS) is 2. The standard InChI is InChI=1S/C15H26O4.C13H22O4/c1-2-3-4-5-6-7-8-9-10-13-19-15(18)12-11-14(16)17;1-2-3-4-5-6-7-8-11-17-13(16)10-9-12(14)15/h11-12H,2-10,13H2,1H3,(H,16,17);9-10H,2-8,11H2,1H3,(H,14,15)/b12-11+;10-9+. The SMILES string of the molecule is CCCCCCCCCCCOC(=O)/C=C/C(=O)O.CCCCCCCCCOC(=O)/C=C/C(=O)O. The number of hydrogen-bond acceptors (Lipinski definition) is 6. The van der Waals surface area contributed by atoms with Gasteiger partial charge in [0.2, 0.25) is 0 Å². The summed E-state index contributed by atoms with van der Waals surface area (Å²) < 4.78 is 9.69. The summed E-state index contributed by atoms with van der Waals surface area (Å²) in [7, 11) is 0. The molecule has 0 fully saturated rings. The minimum absolute atomic E-state index is 0.372. The molecule has 36 heavy (non-hydrogen) atoms. The molecule has 0 radical (unpaired) electrons. The Morgan fingerprint density at radius 3 is 1.03 bits per heavy atom. The van der Waals surface area contributed by atoms with Crippen LogP contribution in [0.1, 0.15) is 117 Å². The van der Waals surface area contributed by atoms with Gasteiger partial charge in [-0.05, 0) is 12.8 Å². The summed E-state index contributed by atoms with van der Waals surface area (Å²) in [5.41, 5.74) is 0. The van der Waals surface area contributed by atoms with E-state index in [0.29, 0.717) is 13.2 Å². The molecular formula is C28H48O8. The molecule has 0 aromatic carbocycles. The van der Waals surface area contributed by atoms with E-state index in [-0.39, 0.29) is 0 Å². The molecule has 8 nitrogen and oxygen atoms in total. The number of carboxylic acids is 2. The zero-order valence-electron chi connectivity index (χ0n) is 22.4. The molecular weight excluding hydrogens is 464 g/mol. The second kappa shape index (κ2) is 28.6. The average Bonchev–Trinajstić information content (AvgIpc) is 2.84. The van der Waals surface area contributed by atoms with E-state index in [1.54, 1.807) is 0 Å². The third-order valence-corrected chi connectivity index (χ3v) is 5.21. The van der Waals surface area contributed by atoms with E-state index in [0.717, 1.165) is 50.0 Å². The number of aliphatic carboxylic acids is 2. The lowest BCUT2D eigenvalue weighted by molar-refractivity contribution is -0.139. The molecule has 0 atom stereocenters. The third kappa shape index (κ3) is 33.5. The summed E-state index contributed by atoms with van der Waals surface area (Å²) in [4.78, 5) is 42.2. The highest BCUT2D eigenvalue weighted by Crippen LogP contribution is 2.09. The second-order valence-corrected chi connectivity index (χ2v) is 8.63. The second-order valence-electron chi connectivity index (χ2n) is 8.63. The summed E-state index contributed by atoms with van der Waals surface area (Å²) in [5.74, 6) is -3.45. The van der Waals surface area contributed by atoms with Gasteiger partial charge in [0, 0.05) is 24.3 Å². The Bertz CT molecular complexity index is 625. The van der Waals surface area contributed by atoms with Gasteiger partial charge in [-0.15, -0.1) is 0 Å². The van der Waals surface area contributed by atoms with Gasteiger partial charge in [-0.1, -0.05) is 104 Å². The van der Waals surface area contributed by atoms with Crippen molar-refractivity contribution in [2.75, 3.05) is 13.2 Å². The lowest BCUT2D eigenvalue weighted by Gasteiger charge is -2.02. The van der Waals surface area contributed by atoms with E-state index in [2.05, 4.69) is 13.8 Å². The van der Waals surface area contributed by atoms with Crippen molar-refractivity contribution in [3.63, 3.8) is 0 Å². The zero-order valence-corrected chi connectivity index (χ0v) is 22.4. The van der Waals surface area contributed by atoms with Gasteiger partial charge >= 0.3 is 23.9 Å². The van der Waals surface area contributed by atoms with Gasteiger partial charge in [-0.25, -0.2) is 19.2 Å². The Kier molecular flexibility index (Phi) is 28.2. The normalized spacial score (nSPS) is 10.7. The first-order chi connectivity index (χ1) is 17.3. The van der Waals surface area contributed by atoms with Crippen LogP contribution in [0, 0.1) is 0 Å². The summed E-state index contributed by atoms with van der Waals surface area (Å²) in [6, 6.07) is 0. The van der Waals surface area contributed by atoms with E-state index in [1.165, 1.54) is 77.0 Å². The van der Waals surface area contributed by atoms with Gasteiger partial charge in [-0.3, -0.25) is 0 Å². The monoisotopic (exact) mass is 512 g/mol. The molecule has 2 N–H and O–H groups in total. The largest absolute Gasteiger partial charge is 0.478 e. The van der Waals surface area contributed by atoms with Crippen molar-refractivity contribution in [1.82, 2.24) is 0 Å². The van der Waals surface area contributed by atoms with Crippen LogP contribution >= 0.6 is 0 Å². The quantitative estimate of drug-likeness (QED) is 0.0940. The van der Waals surface area contributed by atoms with E-state index >= 15 is 0 Å². The van der Waals surface area contributed by atoms with Crippen molar-refractivity contribution in [2.45, 2.75) is 117 Å². The Balaban J connectivity index is 0. The van der Waals surface area contributed by atoms with Crippen molar-refractivity contribution < 1.29 is 38.9 Å². The Hall–Kier alpha value is -2.64. The van der Waals surface area contributed by atoms with Crippen LogP contribution in [0.5, 0.6) is 0 Å². The predicted octanol–water partition coefficient (Wildman–Crippen LogP) is 6.62. The minimum atomic E-state index is -1.14. The van der Waals surface area contributed by atoms with E-state index in [1.807, 2.05) is 0 Å². The van der Waals surface area contributed by atoms with Crippen molar-refractivity contribution in [3.05, 3.63) is 24.3 Å². The molecule has 0 rings (SSSR count). The number of unbranched alkanes of at least 4 members (excludes halogenated alkanes) is 14. The predicted molar refractivity (Wildman–Crippen MR) is 141 cm³/mol. The van der Waals surface area contributed by atoms with Crippen LogP contribution in [0.25, 0.3) is 0 Å². The van der Waals surface area contributed by atoms with Gasteiger partial charge in [0.25, 0.3) is 0 Å². The molecule has 0 aromatic heterocycles. The molecule has 0 aliphatic carbocycles. The highest BCUT2D eigenvalue weighted by molar-refractivity contribution is 5.91. The maximum atomic E-state index is 11.0. The molecule has 0 aliphatic heterocycles. The zero-order chi connectivity index (χ0) is 27.3. The van der Waals surface area contributed by atoms with Crippen LogP contribution in [-0.2, 0) is 28.7 Å². The molecule has 8 heteroatoms. The van der Waals surface area contributed by atoms with E-state index in [4.69, 9.17) is 19.7 Å². The third-order valence-electron chi connectivity index (χ3n) is 5.21. The first-order valence-corrected chi connectivity index (χ1v) is 13.5. The number of ether oxygens (including phenoxy) is 2. The molecule has 0 spiro atoms. The fraction of sp³-hybridized carbons (Fsp3) is 0.714. The van der Waals surface area contributed by atoms with Crippen LogP contribution in [0.3, 0.4) is 0 Å². The van der Waals surface area contributed by atoms with Gasteiger partial charge in [0.1, 0.15) is 0 Å². The number of hydrogen-bond donors (Lipinski definition) is 2. The molecule has 0 aromatic rings. The van der Waals surface area contributed by atoms with Crippen LogP contribution in [-0.4, -0.2) is 47.3 Å². The lowest BCUT2D eigenvalue weighted by Crippen LogP contribution is -2.03. The fourth-order valence-electron chi connectivity index (χ4n) is 3.19. The van der Waals surface area contributed by atoms with Gasteiger partial charge in [0.05, 0.1) is 13.2 Å². The lowest BCUT2D eigenvalue weighted by atomic mass is 10.1. The first kappa shape index (κ1) is 35.5. The van der Waals surface area contributed by atoms with Gasteiger partial charge in [-0.2, -0.15) is 0 Å². The molecule has 0 unspecified atom stereocenters. The molecule has 0 heterocycles. The van der Waals surface area contributed by atoms with E-state index in [9.17, 15) is 19.2 Å². The molecule has 0 saturated heterocycles. The van der Waals surface area contributed by atoms with Crippen molar-refractivity contribution in [2.24, 2.45) is 0 Å². The first-order valence-electron chi connectivity index (χ1n) is 13.5. The van der Waals surface area contributed by atoms with Crippen molar-refractivity contribution in [1.29, 1.82) is 0 Å². The molecule has 0 saturated carbocycles. The summed E-state index contributed by atoms with van der Waals surface area (Å²) in [6.45, 7) is 5.15.